The minimum atomic E-state index is -1.01. The molecule has 0 aliphatic carbocycles. The van der Waals surface area contributed by atoms with Crippen LogP contribution in [0.4, 0.5) is 0 Å². The van der Waals surface area contributed by atoms with Crippen LogP contribution in [0.5, 0.6) is 0 Å². The minimum absolute atomic E-state index is 0.0318. The van der Waals surface area contributed by atoms with Crippen LogP contribution in [-0.2, 0) is 19.8 Å². The van der Waals surface area contributed by atoms with Gasteiger partial charge in [0.2, 0.25) is 11.8 Å². The predicted molar refractivity (Wildman–Crippen MR) is 140 cm³/mol. The van der Waals surface area contributed by atoms with Crippen LogP contribution >= 0.6 is 0 Å². The van der Waals surface area contributed by atoms with Crippen molar-refractivity contribution >= 4 is 17.8 Å². The second-order valence-corrected chi connectivity index (χ2v) is 10.4. The van der Waals surface area contributed by atoms with Crippen LogP contribution in [0.2, 0.25) is 0 Å². The van der Waals surface area contributed by atoms with Crippen LogP contribution in [0.1, 0.15) is 74.3 Å². The second-order valence-electron chi connectivity index (χ2n) is 10.4. The maximum Gasteiger partial charge on any atom is 0.331 e. The number of benzene rings is 1. The van der Waals surface area contributed by atoms with Gasteiger partial charge in [0.05, 0.1) is 12.6 Å². The Kier molecular flexibility index (Phi) is 13.5. The van der Waals surface area contributed by atoms with E-state index >= 15 is 0 Å². The molecule has 0 saturated heterocycles. The third-order valence-electron chi connectivity index (χ3n) is 5.81. The van der Waals surface area contributed by atoms with Crippen molar-refractivity contribution in [2.75, 3.05) is 13.6 Å². The van der Waals surface area contributed by atoms with E-state index in [1.54, 1.807) is 13.1 Å². The highest BCUT2D eigenvalue weighted by Crippen LogP contribution is 2.33. The van der Waals surface area contributed by atoms with Crippen molar-refractivity contribution < 1.29 is 19.5 Å². The Morgan fingerprint density at radius 3 is 1.97 bits per heavy atom. The fourth-order valence-corrected chi connectivity index (χ4v) is 3.75. The van der Waals surface area contributed by atoms with Crippen molar-refractivity contribution in [2.24, 2.45) is 17.8 Å². The first-order valence-corrected chi connectivity index (χ1v) is 12.2. The molecule has 0 bridgehead atoms. The van der Waals surface area contributed by atoms with Gasteiger partial charge in [-0.05, 0) is 30.7 Å². The zero-order valence-electron chi connectivity index (χ0n) is 22.8. The highest BCUT2D eigenvalue weighted by molar-refractivity contribution is 5.88. The molecule has 1 aromatic carbocycles. The summed E-state index contributed by atoms with van der Waals surface area (Å²) in [4.78, 5) is 38.3. The molecule has 34 heavy (non-hydrogen) atoms. The monoisotopic (exact) mass is 474 g/mol. The molecular weight excluding hydrogens is 428 g/mol. The Hall–Kier alpha value is -2.63. The molecule has 0 aliphatic rings. The lowest BCUT2D eigenvalue weighted by Gasteiger charge is -2.34. The Morgan fingerprint density at radius 2 is 1.56 bits per heavy atom. The van der Waals surface area contributed by atoms with Crippen molar-refractivity contribution in [2.45, 2.75) is 80.2 Å². The van der Waals surface area contributed by atoms with E-state index < -0.39 is 5.97 Å². The predicted octanol–water partition coefficient (Wildman–Crippen LogP) is 5.28. The molecule has 2 amide bonds. The fourth-order valence-electron chi connectivity index (χ4n) is 3.75. The molecule has 1 aromatic rings. The highest BCUT2D eigenvalue weighted by Gasteiger charge is 2.35. The van der Waals surface area contributed by atoms with Crippen molar-refractivity contribution in [1.29, 1.82) is 0 Å². The van der Waals surface area contributed by atoms with Gasteiger partial charge in [0.15, 0.2) is 0 Å². The Balaban J connectivity index is 0.00000251. The van der Waals surface area contributed by atoms with Gasteiger partial charge in [0.1, 0.15) is 0 Å². The van der Waals surface area contributed by atoms with Crippen molar-refractivity contribution in [3.63, 3.8) is 0 Å². The summed E-state index contributed by atoms with van der Waals surface area (Å²) in [6, 6.07) is 9.52. The lowest BCUT2D eigenvalue weighted by atomic mass is 9.71. The fraction of sp³-hybridized carbons (Fsp3) is 0.607. The molecule has 2 atom stereocenters. The van der Waals surface area contributed by atoms with E-state index in [1.165, 1.54) is 11.8 Å². The number of carboxylic acids is 1. The first-order valence-electron chi connectivity index (χ1n) is 12.2. The van der Waals surface area contributed by atoms with Gasteiger partial charge < -0.3 is 15.3 Å². The van der Waals surface area contributed by atoms with E-state index in [0.29, 0.717) is 6.42 Å². The van der Waals surface area contributed by atoms with Gasteiger partial charge in [-0.2, -0.15) is 0 Å². The van der Waals surface area contributed by atoms with E-state index in [-0.39, 0.29) is 47.2 Å². The zero-order chi connectivity index (χ0) is 26.6. The summed E-state index contributed by atoms with van der Waals surface area (Å²) in [7, 11) is 1.63. The van der Waals surface area contributed by atoms with Crippen LogP contribution in [0.3, 0.4) is 0 Å². The van der Waals surface area contributed by atoms with Crippen LogP contribution in [-0.4, -0.2) is 47.4 Å². The lowest BCUT2D eigenvalue weighted by molar-refractivity contribution is -0.135. The van der Waals surface area contributed by atoms with Crippen LogP contribution < -0.4 is 5.32 Å². The number of hydrogen-bond acceptors (Lipinski definition) is 3. The van der Waals surface area contributed by atoms with Gasteiger partial charge in [-0.3, -0.25) is 9.59 Å². The number of nitrogens with one attached hydrogen (secondary N) is 1. The van der Waals surface area contributed by atoms with Crippen molar-refractivity contribution in [1.82, 2.24) is 10.2 Å². The first kappa shape index (κ1) is 31.4. The van der Waals surface area contributed by atoms with Gasteiger partial charge in [0, 0.05) is 24.0 Å². The summed E-state index contributed by atoms with van der Waals surface area (Å²) in [6.07, 6.45) is 2.23. The Morgan fingerprint density at radius 1 is 1.06 bits per heavy atom. The maximum absolute atomic E-state index is 12.9. The molecule has 0 spiro atoms. The SMILES string of the molecule is CC(C)C.CC[C@@H](C(=O)NCC(=O)N(C)C(/C=C(\C)C(=O)O)C(C)C)C(C)(C)c1ccccc1. The van der Waals surface area contributed by atoms with E-state index in [0.717, 1.165) is 11.5 Å². The van der Waals surface area contributed by atoms with Gasteiger partial charge in [-0.1, -0.05) is 91.8 Å². The number of carboxylic acid groups (broad SMARTS) is 1. The normalized spacial score (nSPS) is 13.6. The summed E-state index contributed by atoms with van der Waals surface area (Å²) >= 11 is 0. The average Bonchev–Trinajstić information content (AvgIpc) is 2.75. The molecule has 192 valence electrons. The molecule has 0 saturated carbocycles. The number of rotatable bonds is 10. The Bertz CT molecular complexity index is 810. The molecule has 0 aliphatic heterocycles. The largest absolute Gasteiger partial charge is 0.478 e. The molecule has 6 nitrogen and oxygen atoms in total. The van der Waals surface area contributed by atoms with E-state index in [4.69, 9.17) is 5.11 Å². The number of likely N-dealkylation sites (N-methyl/N-ethyl adjacent to an activating group) is 1. The molecular formula is C28H46N2O4. The number of hydrogen-bond donors (Lipinski definition) is 2. The number of aliphatic carboxylic acids is 1. The summed E-state index contributed by atoms with van der Waals surface area (Å²) in [5, 5.41) is 11.9. The molecule has 0 heterocycles. The molecule has 0 fully saturated rings. The first-order chi connectivity index (χ1) is 15.7. The summed E-state index contributed by atoms with van der Waals surface area (Å²) in [6.45, 7) is 17.8. The average molecular weight is 475 g/mol. The van der Waals surface area contributed by atoms with Crippen LogP contribution in [0.25, 0.3) is 0 Å². The third kappa shape index (κ3) is 10.1. The third-order valence-corrected chi connectivity index (χ3v) is 5.81. The second kappa shape index (κ2) is 14.6. The maximum atomic E-state index is 12.9. The van der Waals surface area contributed by atoms with Gasteiger partial charge in [0.25, 0.3) is 0 Å². The van der Waals surface area contributed by atoms with E-state index in [9.17, 15) is 14.4 Å². The Labute approximate surface area is 206 Å². The summed E-state index contributed by atoms with van der Waals surface area (Å²) < 4.78 is 0. The van der Waals surface area contributed by atoms with Gasteiger partial charge in [-0.15, -0.1) is 0 Å². The topological polar surface area (TPSA) is 86.7 Å². The highest BCUT2D eigenvalue weighted by atomic mass is 16.4. The summed E-state index contributed by atoms with van der Waals surface area (Å²) in [5.41, 5.74) is 0.884. The molecule has 0 radical (unpaired) electrons. The lowest BCUT2D eigenvalue weighted by Crippen LogP contribution is -2.47. The molecule has 2 N–H and O–H groups in total. The number of carbonyl (C=O) groups excluding carboxylic acids is 2. The van der Waals surface area contributed by atoms with Crippen LogP contribution in [0, 0.1) is 17.8 Å². The van der Waals surface area contributed by atoms with E-state index in [2.05, 4.69) is 26.1 Å². The van der Waals surface area contributed by atoms with Crippen molar-refractivity contribution in [3.05, 3.63) is 47.5 Å². The van der Waals surface area contributed by atoms with Crippen molar-refractivity contribution in [3.8, 4) is 0 Å². The van der Waals surface area contributed by atoms with Gasteiger partial charge >= 0.3 is 5.97 Å². The number of amides is 2. The quantitative estimate of drug-likeness (QED) is 0.452. The molecule has 1 rings (SSSR count). The van der Waals surface area contributed by atoms with Gasteiger partial charge in [-0.25, -0.2) is 4.79 Å². The summed E-state index contributed by atoms with van der Waals surface area (Å²) in [5.74, 6) is -0.851. The number of nitrogens with zero attached hydrogens (tertiary/aromatic N) is 1. The minimum Gasteiger partial charge on any atom is -0.478 e. The molecule has 1 unspecified atom stereocenters. The molecule has 0 aromatic heterocycles. The van der Waals surface area contributed by atoms with E-state index in [1.807, 2.05) is 65.0 Å². The zero-order valence-corrected chi connectivity index (χ0v) is 22.8. The standard InChI is InChI=1S/C24H36N2O4.C4H10/c1-8-19(24(5,6)18-12-10-9-11-13-18)22(28)25-15-21(27)26(7)20(16(2)3)14-17(4)23(29)30;1-4(2)3/h9-14,16,19-20H,8,15H2,1-7H3,(H,25,28)(H,29,30);4H,1-3H3/b17-14+;/t19-,20?;/m0./s1. The number of carbonyl (C=O) groups is 3. The van der Waals surface area contributed by atoms with Crippen LogP contribution in [0.15, 0.2) is 42.0 Å². The molecule has 6 heteroatoms. The smallest absolute Gasteiger partial charge is 0.331 e.